The van der Waals surface area contributed by atoms with E-state index < -0.39 is 11.7 Å². The lowest BCUT2D eigenvalue weighted by atomic mass is 9.83. The SMILES string of the molecule is Cc1c(Cc2c(CN3CC4(CSC4)C3)nc3c(-c4ncc[nH]4)cc(N4CCOCC4)nn23)cccc1C(F)(F)F. The van der Waals surface area contributed by atoms with Crippen LogP contribution < -0.4 is 4.90 Å². The van der Waals surface area contributed by atoms with Crippen LogP contribution >= 0.6 is 11.8 Å². The van der Waals surface area contributed by atoms with Gasteiger partial charge < -0.3 is 14.6 Å². The number of fused-ring (bicyclic) bond motifs is 1. The van der Waals surface area contributed by atoms with Crippen molar-refractivity contribution in [3.63, 3.8) is 0 Å². The highest BCUT2D eigenvalue weighted by molar-refractivity contribution is 8.00. The number of hydrogen-bond acceptors (Lipinski definition) is 7. The molecule has 40 heavy (non-hydrogen) atoms. The molecule has 1 N–H and O–H groups in total. The fourth-order valence-corrected chi connectivity index (χ4v) is 7.24. The number of thioether (sulfide) groups is 1. The van der Waals surface area contributed by atoms with Gasteiger partial charge in [-0.2, -0.15) is 24.9 Å². The number of alkyl halides is 3. The number of ether oxygens (including phenoxy) is 1. The summed E-state index contributed by atoms with van der Waals surface area (Å²) >= 11 is 1.99. The predicted molar refractivity (Wildman–Crippen MR) is 148 cm³/mol. The van der Waals surface area contributed by atoms with Crippen LogP contribution in [0.4, 0.5) is 19.0 Å². The van der Waals surface area contributed by atoms with Crippen LogP contribution in [0.5, 0.6) is 0 Å². The zero-order valence-electron chi connectivity index (χ0n) is 22.2. The standard InChI is InChI=1S/C28H30F3N7OS/c1-18-19(3-2-4-21(18)28(29,30)31)11-23-22(13-36-14-27(15-36)16-40-17-27)34-26-20(25-32-5-6-33-25)12-24(35-38(23)26)37-7-9-39-10-8-37/h2-6,12H,7-11,13-17H2,1H3,(H,32,33). The van der Waals surface area contributed by atoms with Gasteiger partial charge in [-0.1, -0.05) is 12.1 Å². The summed E-state index contributed by atoms with van der Waals surface area (Å²) in [5.41, 5.74) is 3.78. The Morgan fingerprint density at radius 3 is 2.62 bits per heavy atom. The van der Waals surface area contributed by atoms with E-state index in [-0.39, 0.29) is 12.0 Å². The molecule has 0 unspecified atom stereocenters. The molecule has 3 aliphatic rings. The Morgan fingerprint density at radius 1 is 1.15 bits per heavy atom. The molecule has 1 spiro atoms. The summed E-state index contributed by atoms with van der Waals surface area (Å²) in [7, 11) is 0. The first-order valence-electron chi connectivity index (χ1n) is 13.5. The van der Waals surface area contributed by atoms with Crippen molar-refractivity contribution < 1.29 is 17.9 Å². The lowest BCUT2D eigenvalue weighted by Crippen LogP contribution is -2.62. The van der Waals surface area contributed by atoms with E-state index in [9.17, 15) is 13.2 Å². The summed E-state index contributed by atoms with van der Waals surface area (Å²) in [6.45, 7) is 6.84. The van der Waals surface area contributed by atoms with E-state index in [1.165, 1.54) is 17.6 Å². The summed E-state index contributed by atoms with van der Waals surface area (Å²) < 4.78 is 48.7. The number of rotatable bonds is 6. The minimum Gasteiger partial charge on any atom is -0.378 e. The summed E-state index contributed by atoms with van der Waals surface area (Å²) in [5.74, 6) is 3.83. The van der Waals surface area contributed by atoms with Gasteiger partial charge in [-0.3, -0.25) is 4.90 Å². The predicted octanol–water partition coefficient (Wildman–Crippen LogP) is 4.42. The van der Waals surface area contributed by atoms with Crippen molar-refractivity contribution in [1.29, 1.82) is 0 Å². The number of H-pyrrole nitrogens is 1. The number of halogens is 3. The van der Waals surface area contributed by atoms with Crippen LogP contribution in [0.15, 0.2) is 36.7 Å². The molecule has 3 aromatic heterocycles. The van der Waals surface area contributed by atoms with Crippen LogP contribution in [0.25, 0.3) is 17.0 Å². The minimum atomic E-state index is -4.41. The Kier molecular flexibility index (Phi) is 6.32. The molecule has 3 saturated heterocycles. The molecule has 210 valence electrons. The van der Waals surface area contributed by atoms with Gasteiger partial charge in [0.15, 0.2) is 11.5 Å². The van der Waals surface area contributed by atoms with Gasteiger partial charge in [0.05, 0.1) is 35.7 Å². The summed E-state index contributed by atoms with van der Waals surface area (Å²) in [5, 5.41) is 5.03. The number of nitrogens with one attached hydrogen (secondary N) is 1. The van der Waals surface area contributed by atoms with Crippen molar-refractivity contribution in [2.24, 2.45) is 5.41 Å². The Bertz CT molecular complexity index is 1530. The van der Waals surface area contributed by atoms with Gasteiger partial charge in [-0.25, -0.2) is 14.5 Å². The van der Waals surface area contributed by atoms with E-state index >= 15 is 0 Å². The van der Waals surface area contributed by atoms with Crippen LogP contribution in [-0.4, -0.2) is 80.4 Å². The fourth-order valence-electron chi connectivity index (χ4n) is 6.10. The highest BCUT2D eigenvalue weighted by Crippen LogP contribution is 2.46. The van der Waals surface area contributed by atoms with Crippen LogP contribution in [0.1, 0.15) is 28.1 Å². The molecule has 12 heteroatoms. The van der Waals surface area contributed by atoms with E-state index in [0.717, 1.165) is 41.9 Å². The second-order valence-corrected chi connectivity index (χ2v) is 12.1. The number of hydrogen-bond donors (Lipinski definition) is 1. The average molecular weight is 570 g/mol. The van der Waals surface area contributed by atoms with Crippen LogP contribution in [0.2, 0.25) is 0 Å². The zero-order valence-corrected chi connectivity index (χ0v) is 23.0. The lowest BCUT2D eigenvalue weighted by molar-refractivity contribution is -0.138. The van der Waals surface area contributed by atoms with Crippen molar-refractivity contribution >= 4 is 23.2 Å². The van der Waals surface area contributed by atoms with Crippen molar-refractivity contribution in [2.45, 2.75) is 26.1 Å². The largest absolute Gasteiger partial charge is 0.416 e. The second-order valence-electron chi connectivity index (χ2n) is 11.1. The first-order chi connectivity index (χ1) is 19.3. The second kappa shape index (κ2) is 9.78. The van der Waals surface area contributed by atoms with Crippen molar-refractivity contribution in [3.05, 3.63) is 64.7 Å². The lowest BCUT2D eigenvalue weighted by Gasteiger charge is -2.55. The normalized spacial score (nSPS) is 19.2. The molecule has 0 atom stereocenters. The Labute approximate surface area is 233 Å². The number of imidazole rings is 2. The van der Waals surface area contributed by atoms with E-state index in [0.29, 0.717) is 55.3 Å². The van der Waals surface area contributed by atoms with Crippen molar-refractivity contribution in [3.8, 4) is 11.4 Å². The van der Waals surface area contributed by atoms with E-state index in [1.807, 2.05) is 22.3 Å². The van der Waals surface area contributed by atoms with E-state index in [1.54, 1.807) is 25.4 Å². The molecule has 1 aromatic carbocycles. The number of aromatic amines is 1. The fraction of sp³-hybridized carbons (Fsp3) is 0.464. The number of aromatic nitrogens is 5. The molecule has 0 radical (unpaired) electrons. The van der Waals surface area contributed by atoms with Gasteiger partial charge in [-0.05, 0) is 30.2 Å². The molecule has 0 amide bonds. The molecular weight excluding hydrogens is 539 g/mol. The number of nitrogens with zero attached hydrogens (tertiary/aromatic N) is 6. The number of morpholine rings is 1. The van der Waals surface area contributed by atoms with Gasteiger partial charge in [0, 0.05) is 68.5 Å². The Balaban J connectivity index is 1.36. The molecule has 3 aliphatic heterocycles. The summed E-state index contributed by atoms with van der Waals surface area (Å²) in [4.78, 5) is 17.4. The maximum absolute atomic E-state index is 13.8. The zero-order chi connectivity index (χ0) is 27.5. The smallest absolute Gasteiger partial charge is 0.378 e. The molecule has 0 bridgehead atoms. The quantitative estimate of drug-likeness (QED) is 0.369. The Hall–Kier alpha value is -3.09. The third-order valence-electron chi connectivity index (χ3n) is 8.25. The first-order valence-corrected chi connectivity index (χ1v) is 14.6. The van der Waals surface area contributed by atoms with E-state index in [4.69, 9.17) is 14.8 Å². The van der Waals surface area contributed by atoms with Crippen LogP contribution in [0, 0.1) is 12.3 Å². The highest BCUT2D eigenvalue weighted by atomic mass is 32.2. The van der Waals surface area contributed by atoms with Gasteiger partial charge in [-0.15, -0.1) is 5.10 Å². The van der Waals surface area contributed by atoms with Crippen LogP contribution in [-0.2, 0) is 23.9 Å². The number of likely N-dealkylation sites (tertiary alicyclic amines) is 1. The third-order valence-corrected chi connectivity index (χ3v) is 9.89. The third kappa shape index (κ3) is 4.55. The molecule has 3 fully saturated rings. The molecule has 0 saturated carbocycles. The van der Waals surface area contributed by atoms with Gasteiger partial charge in [0.25, 0.3) is 0 Å². The molecule has 4 aromatic rings. The number of benzene rings is 1. The molecule has 8 nitrogen and oxygen atoms in total. The minimum absolute atomic E-state index is 0.237. The van der Waals surface area contributed by atoms with Gasteiger partial charge in [0.1, 0.15) is 5.82 Å². The summed E-state index contributed by atoms with van der Waals surface area (Å²) in [6, 6.07) is 6.41. The van der Waals surface area contributed by atoms with Crippen molar-refractivity contribution in [1.82, 2.24) is 29.5 Å². The van der Waals surface area contributed by atoms with Gasteiger partial charge >= 0.3 is 6.18 Å². The average Bonchev–Trinajstić information content (AvgIpc) is 3.54. The maximum atomic E-state index is 13.8. The molecule has 6 heterocycles. The first kappa shape index (κ1) is 25.8. The molecular formula is C28H30F3N7OS. The molecule has 7 rings (SSSR count). The maximum Gasteiger partial charge on any atom is 0.416 e. The van der Waals surface area contributed by atoms with Gasteiger partial charge in [0.2, 0.25) is 0 Å². The monoisotopic (exact) mass is 569 g/mol. The summed E-state index contributed by atoms with van der Waals surface area (Å²) in [6.07, 6.45) is -0.650. The Morgan fingerprint density at radius 2 is 1.95 bits per heavy atom. The topological polar surface area (TPSA) is 74.6 Å². The van der Waals surface area contributed by atoms with Crippen molar-refractivity contribution in [2.75, 3.05) is 55.8 Å². The van der Waals surface area contributed by atoms with E-state index in [2.05, 4.69) is 19.8 Å². The highest BCUT2D eigenvalue weighted by Gasteiger charge is 2.48. The number of anilines is 1. The molecule has 0 aliphatic carbocycles. The van der Waals surface area contributed by atoms with Crippen LogP contribution in [0.3, 0.4) is 0 Å².